The van der Waals surface area contributed by atoms with Gasteiger partial charge in [-0.2, -0.15) is 0 Å². The molecule has 0 saturated heterocycles. The zero-order valence-electron chi connectivity index (χ0n) is 18.6. The third-order valence-electron chi connectivity index (χ3n) is 5.52. The molecular weight excluding hydrogens is 380 g/mol. The number of rotatable bonds is 8. The molecule has 0 radical (unpaired) electrons. The number of guanidine groups is 1. The van der Waals surface area contributed by atoms with Gasteiger partial charge in [-0.15, -0.1) is 10.2 Å². The number of aliphatic imine (C=N–C) groups is 1. The van der Waals surface area contributed by atoms with Gasteiger partial charge in [0.25, 0.3) is 0 Å². The second kappa shape index (κ2) is 10.8. The van der Waals surface area contributed by atoms with E-state index in [2.05, 4.69) is 30.0 Å². The van der Waals surface area contributed by atoms with Crippen molar-refractivity contribution in [3.8, 4) is 11.5 Å². The summed E-state index contributed by atoms with van der Waals surface area (Å²) < 4.78 is 13.1. The molecule has 0 saturated carbocycles. The van der Waals surface area contributed by atoms with Gasteiger partial charge in [0, 0.05) is 58.2 Å². The highest BCUT2D eigenvalue weighted by Crippen LogP contribution is 2.25. The normalized spacial score (nSPS) is 14.1. The van der Waals surface area contributed by atoms with Crippen molar-refractivity contribution in [1.82, 2.24) is 25.0 Å². The summed E-state index contributed by atoms with van der Waals surface area (Å²) in [6.07, 6.45) is 6.69. The summed E-state index contributed by atoms with van der Waals surface area (Å²) in [6.45, 7) is 2.57. The highest BCUT2D eigenvalue weighted by molar-refractivity contribution is 5.79. The highest BCUT2D eigenvalue weighted by atomic mass is 16.5. The zero-order chi connectivity index (χ0) is 21.3. The van der Waals surface area contributed by atoms with Crippen LogP contribution < -0.4 is 14.8 Å². The van der Waals surface area contributed by atoms with Crippen LogP contribution >= 0.6 is 0 Å². The Morgan fingerprint density at radius 3 is 2.83 bits per heavy atom. The van der Waals surface area contributed by atoms with Crippen molar-refractivity contribution >= 4 is 5.96 Å². The second-order valence-corrected chi connectivity index (χ2v) is 7.61. The van der Waals surface area contributed by atoms with Crippen LogP contribution in [0.3, 0.4) is 0 Å². The molecule has 0 spiro atoms. The number of fused-ring (bicyclic) bond motifs is 1. The fourth-order valence-corrected chi connectivity index (χ4v) is 3.87. The van der Waals surface area contributed by atoms with Gasteiger partial charge in [-0.3, -0.25) is 4.99 Å². The minimum absolute atomic E-state index is 0.685. The van der Waals surface area contributed by atoms with Gasteiger partial charge in [0.05, 0.1) is 14.2 Å². The summed E-state index contributed by atoms with van der Waals surface area (Å²) in [4.78, 5) is 6.51. The van der Waals surface area contributed by atoms with Gasteiger partial charge in [0.1, 0.15) is 23.1 Å². The largest absolute Gasteiger partial charge is 0.497 e. The first-order valence-electron chi connectivity index (χ1n) is 10.7. The lowest BCUT2D eigenvalue weighted by Gasteiger charge is -2.23. The molecule has 8 nitrogen and oxygen atoms in total. The third kappa shape index (κ3) is 5.43. The van der Waals surface area contributed by atoms with E-state index in [4.69, 9.17) is 9.47 Å². The number of benzene rings is 1. The van der Waals surface area contributed by atoms with Gasteiger partial charge >= 0.3 is 0 Å². The van der Waals surface area contributed by atoms with E-state index in [0.717, 1.165) is 67.0 Å². The van der Waals surface area contributed by atoms with Gasteiger partial charge in [0.2, 0.25) is 0 Å². The number of methoxy groups -OCH3 is 2. The maximum atomic E-state index is 5.51. The Morgan fingerprint density at radius 1 is 1.20 bits per heavy atom. The molecule has 0 fully saturated rings. The number of hydrogen-bond acceptors (Lipinski definition) is 5. The van der Waals surface area contributed by atoms with Gasteiger partial charge in [-0.1, -0.05) is 6.42 Å². The number of aryl methyl sites for hydroxylation is 2. The Kier molecular flexibility index (Phi) is 7.93. The second-order valence-electron chi connectivity index (χ2n) is 7.61. The van der Waals surface area contributed by atoms with Crippen molar-refractivity contribution in [3.05, 3.63) is 35.4 Å². The first kappa shape index (κ1) is 21.9. The molecule has 8 heteroatoms. The van der Waals surface area contributed by atoms with Crippen molar-refractivity contribution < 1.29 is 9.47 Å². The SMILES string of the molecule is CN=C(NCCCc1nnc2n1CCCCC2)N(C)Cc1ccc(OC)cc1OC. The Balaban J connectivity index is 1.51. The quantitative estimate of drug-likeness (QED) is 0.407. The van der Waals surface area contributed by atoms with Crippen LogP contribution in [0.1, 0.15) is 42.9 Å². The van der Waals surface area contributed by atoms with Gasteiger partial charge in [-0.25, -0.2) is 0 Å². The average Bonchev–Trinajstić information content (AvgIpc) is 2.99. The summed E-state index contributed by atoms with van der Waals surface area (Å²) in [6, 6.07) is 5.88. The summed E-state index contributed by atoms with van der Waals surface area (Å²) in [5.74, 6) is 4.71. The van der Waals surface area contributed by atoms with Crippen LogP contribution in [-0.2, 0) is 25.9 Å². The lowest BCUT2D eigenvalue weighted by Crippen LogP contribution is -2.39. The zero-order valence-corrected chi connectivity index (χ0v) is 18.6. The van der Waals surface area contributed by atoms with Crippen molar-refractivity contribution in [2.75, 3.05) is 34.9 Å². The fraction of sp³-hybridized carbons (Fsp3) is 0.591. The van der Waals surface area contributed by atoms with E-state index in [1.807, 2.05) is 32.3 Å². The fourth-order valence-electron chi connectivity index (χ4n) is 3.87. The van der Waals surface area contributed by atoms with Crippen molar-refractivity contribution in [3.63, 3.8) is 0 Å². The van der Waals surface area contributed by atoms with Crippen molar-refractivity contribution in [2.24, 2.45) is 4.99 Å². The van der Waals surface area contributed by atoms with E-state index in [1.165, 1.54) is 19.3 Å². The molecule has 1 N–H and O–H groups in total. The summed E-state index contributed by atoms with van der Waals surface area (Å²) in [7, 11) is 7.17. The van der Waals surface area contributed by atoms with Crippen LogP contribution in [0.5, 0.6) is 11.5 Å². The average molecular weight is 415 g/mol. The van der Waals surface area contributed by atoms with Crippen molar-refractivity contribution in [2.45, 2.75) is 51.6 Å². The molecule has 1 aromatic heterocycles. The van der Waals surface area contributed by atoms with E-state index in [1.54, 1.807) is 14.2 Å². The summed E-state index contributed by atoms with van der Waals surface area (Å²) in [5, 5.41) is 12.3. The minimum atomic E-state index is 0.685. The van der Waals surface area contributed by atoms with Crippen LogP contribution in [0.2, 0.25) is 0 Å². The lowest BCUT2D eigenvalue weighted by molar-refractivity contribution is 0.382. The van der Waals surface area contributed by atoms with E-state index < -0.39 is 0 Å². The number of aromatic nitrogens is 3. The van der Waals surface area contributed by atoms with E-state index in [9.17, 15) is 0 Å². The number of hydrogen-bond donors (Lipinski definition) is 1. The van der Waals surface area contributed by atoms with Crippen LogP contribution in [0, 0.1) is 0 Å². The van der Waals surface area contributed by atoms with Crippen molar-refractivity contribution in [1.29, 1.82) is 0 Å². The monoisotopic (exact) mass is 414 g/mol. The topological polar surface area (TPSA) is 76.8 Å². The Hall–Kier alpha value is -2.77. The van der Waals surface area contributed by atoms with E-state index >= 15 is 0 Å². The van der Waals surface area contributed by atoms with E-state index in [0.29, 0.717) is 6.54 Å². The molecule has 164 valence electrons. The molecule has 1 aliphatic rings. The molecule has 0 bridgehead atoms. The predicted octanol–water partition coefficient (Wildman–Crippen LogP) is 2.66. The molecule has 1 aromatic carbocycles. The number of nitrogens with zero attached hydrogens (tertiary/aromatic N) is 5. The smallest absolute Gasteiger partial charge is 0.193 e. The molecule has 0 aliphatic carbocycles. The van der Waals surface area contributed by atoms with E-state index in [-0.39, 0.29) is 0 Å². The maximum absolute atomic E-state index is 5.51. The van der Waals surface area contributed by atoms with Gasteiger partial charge < -0.3 is 24.3 Å². The molecule has 2 aromatic rings. The molecule has 3 rings (SSSR count). The molecule has 0 unspecified atom stereocenters. The van der Waals surface area contributed by atoms with Crippen LogP contribution in [0.15, 0.2) is 23.2 Å². The number of nitrogens with one attached hydrogen (secondary N) is 1. The molecular formula is C22H34N6O2. The summed E-state index contributed by atoms with van der Waals surface area (Å²) >= 11 is 0. The standard InChI is InChI=1S/C22H34N6O2/c1-23-22(27(2)16-17-11-12-18(29-3)15-19(17)30-4)24-13-8-10-21-26-25-20-9-6-5-7-14-28(20)21/h11-12,15H,5-10,13-14,16H2,1-4H3,(H,23,24). The Morgan fingerprint density at radius 2 is 2.07 bits per heavy atom. The third-order valence-corrected chi connectivity index (χ3v) is 5.52. The first-order chi connectivity index (χ1) is 14.7. The van der Waals surface area contributed by atoms with Crippen LogP contribution in [0.4, 0.5) is 0 Å². The summed E-state index contributed by atoms with van der Waals surface area (Å²) in [5.41, 5.74) is 1.08. The molecule has 0 atom stereocenters. The predicted molar refractivity (Wildman–Crippen MR) is 118 cm³/mol. The van der Waals surface area contributed by atoms with Crippen LogP contribution in [-0.4, -0.2) is 60.5 Å². The number of ether oxygens (including phenoxy) is 2. The molecule has 1 aliphatic heterocycles. The Labute approximate surface area is 179 Å². The van der Waals surface area contributed by atoms with Gasteiger partial charge in [0.15, 0.2) is 5.96 Å². The lowest BCUT2D eigenvalue weighted by atomic mass is 10.2. The molecule has 30 heavy (non-hydrogen) atoms. The van der Waals surface area contributed by atoms with Gasteiger partial charge in [-0.05, 0) is 31.4 Å². The maximum Gasteiger partial charge on any atom is 0.193 e. The van der Waals surface area contributed by atoms with Crippen LogP contribution in [0.25, 0.3) is 0 Å². The first-order valence-corrected chi connectivity index (χ1v) is 10.7. The molecule has 0 amide bonds. The minimum Gasteiger partial charge on any atom is -0.497 e. The molecule has 2 heterocycles. The Bertz CT molecular complexity index is 848. The highest BCUT2D eigenvalue weighted by Gasteiger charge is 2.15.